The van der Waals surface area contributed by atoms with E-state index in [-0.39, 0.29) is 29.1 Å². The van der Waals surface area contributed by atoms with Crippen LogP contribution in [0.15, 0.2) is 118 Å². The first-order valence-corrected chi connectivity index (χ1v) is 13.3. The van der Waals surface area contributed by atoms with Gasteiger partial charge in [0.1, 0.15) is 40.5 Å². The van der Waals surface area contributed by atoms with Gasteiger partial charge in [0.2, 0.25) is 0 Å². The van der Waals surface area contributed by atoms with Crippen LogP contribution in [-0.4, -0.2) is 27.5 Å². The summed E-state index contributed by atoms with van der Waals surface area (Å²) in [6.07, 6.45) is 0. The van der Waals surface area contributed by atoms with Crippen LogP contribution in [-0.2, 0) is 16.1 Å². The highest BCUT2D eigenvalue weighted by Crippen LogP contribution is 2.31. The molecule has 0 atom stereocenters. The Kier molecular flexibility index (Phi) is 7.26. The Labute approximate surface area is 241 Å². The first kappa shape index (κ1) is 26.6. The summed E-state index contributed by atoms with van der Waals surface area (Å²) in [6, 6.07) is 32.9. The number of nitrogens with zero attached hydrogens (tertiary/aromatic N) is 2. The zero-order chi connectivity index (χ0) is 29.1. The minimum Gasteiger partial charge on any atom is -0.507 e. The molecule has 42 heavy (non-hydrogen) atoms. The Morgan fingerprint density at radius 2 is 1.60 bits per heavy atom. The van der Waals surface area contributed by atoms with Gasteiger partial charge < -0.3 is 19.0 Å². The summed E-state index contributed by atoms with van der Waals surface area (Å²) in [5, 5.41) is 15.2. The van der Waals surface area contributed by atoms with E-state index < -0.39 is 18.0 Å². The van der Waals surface area contributed by atoms with Crippen molar-refractivity contribution in [3.05, 3.63) is 131 Å². The average Bonchev–Trinajstić information content (AvgIpc) is 3.44. The smallest absolute Gasteiger partial charge is 0.344 e. The molecule has 0 saturated carbocycles. The van der Waals surface area contributed by atoms with Gasteiger partial charge in [-0.15, -0.1) is 0 Å². The Morgan fingerprint density at radius 1 is 0.881 bits per heavy atom. The number of aromatic hydroxyl groups is 1. The predicted molar refractivity (Wildman–Crippen MR) is 159 cm³/mol. The molecule has 8 nitrogen and oxygen atoms in total. The standard InChI is InChI=1S/C34H26N2O6/c1-22-12-14-23(15-13-22)28-16-25(35-36(28)26-10-6-3-7-11-26)20-41-33(39)21-40-27-17-29(37)34-30(38)19-31(42-32(34)18-27)24-8-4-2-5-9-24/h2-19,37H,20-21H2,1H3. The third kappa shape index (κ3) is 5.64. The van der Waals surface area contributed by atoms with E-state index in [1.165, 1.54) is 18.2 Å². The molecule has 0 bridgehead atoms. The quantitative estimate of drug-likeness (QED) is 0.214. The maximum Gasteiger partial charge on any atom is 0.344 e. The Bertz CT molecular complexity index is 1930. The summed E-state index contributed by atoms with van der Waals surface area (Å²) in [5.74, 6) is -0.427. The van der Waals surface area contributed by atoms with Crippen molar-refractivity contribution < 1.29 is 23.8 Å². The number of carbonyl (C=O) groups is 1. The number of fused-ring (bicyclic) bond motifs is 1. The normalized spacial score (nSPS) is 11.0. The van der Waals surface area contributed by atoms with Crippen LogP contribution in [0.3, 0.4) is 0 Å². The third-order valence-electron chi connectivity index (χ3n) is 6.69. The number of aryl methyl sites for hydroxylation is 1. The van der Waals surface area contributed by atoms with Crippen LogP contribution in [0.2, 0.25) is 0 Å². The van der Waals surface area contributed by atoms with Gasteiger partial charge in [-0.05, 0) is 25.1 Å². The predicted octanol–water partition coefficient (Wildman–Crippen LogP) is 6.45. The molecule has 8 heteroatoms. The molecule has 0 unspecified atom stereocenters. The number of hydrogen-bond donors (Lipinski definition) is 1. The maximum atomic E-state index is 12.7. The van der Waals surface area contributed by atoms with Gasteiger partial charge >= 0.3 is 5.97 Å². The fourth-order valence-electron chi connectivity index (χ4n) is 4.61. The lowest BCUT2D eigenvalue weighted by atomic mass is 10.1. The van der Waals surface area contributed by atoms with E-state index in [2.05, 4.69) is 5.10 Å². The van der Waals surface area contributed by atoms with Crippen LogP contribution in [0.1, 0.15) is 11.3 Å². The number of hydrogen-bond acceptors (Lipinski definition) is 7. The molecule has 2 aromatic heterocycles. The zero-order valence-electron chi connectivity index (χ0n) is 22.7. The van der Waals surface area contributed by atoms with Gasteiger partial charge in [0.25, 0.3) is 0 Å². The lowest BCUT2D eigenvalue weighted by Gasteiger charge is -2.09. The van der Waals surface area contributed by atoms with Crippen molar-refractivity contribution in [2.75, 3.05) is 6.61 Å². The molecule has 4 aromatic carbocycles. The summed E-state index contributed by atoms with van der Waals surface area (Å²) in [5.41, 5.74) is 4.91. The minimum absolute atomic E-state index is 0.0305. The molecule has 0 aliphatic heterocycles. The van der Waals surface area contributed by atoms with Crippen LogP contribution in [0.4, 0.5) is 0 Å². The second-order valence-electron chi connectivity index (χ2n) is 9.74. The molecule has 1 N–H and O–H groups in total. The van der Waals surface area contributed by atoms with Gasteiger partial charge in [-0.3, -0.25) is 4.79 Å². The number of aromatic nitrogens is 2. The highest BCUT2D eigenvalue weighted by atomic mass is 16.6. The van der Waals surface area contributed by atoms with E-state index in [1.807, 2.05) is 103 Å². The van der Waals surface area contributed by atoms with Crippen molar-refractivity contribution in [3.8, 4) is 39.8 Å². The fraction of sp³-hybridized carbons (Fsp3) is 0.0882. The number of esters is 1. The van der Waals surface area contributed by atoms with Crippen molar-refractivity contribution in [3.63, 3.8) is 0 Å². The summed E-state index contributed by atoms with van der Waals surface area (Å²) < 4.78 is 18.7. The molecule has 2 heterocycles. The van der Waals surface area contributed by atoms with Crippen molar-refractivity contribution in [2.45, 2.75) is 13.5 Å². The number of phenolic OH excluding ortho intramolecular Hbond substituents is 1. The Morgan fingerprint density at radius 3 is 2.33 bits per heavy atom. The summed E-state index contributed by atoms with van der Waals surface area (Å²) in [6.45, 7) is 1.55. The number of rotatable bonds is 8. The van der Waals surface area contributed by atoms with Gasteiger partial charge in [0.15, 0.2) is 12.0 Å². The van der Waals surface area contributed by atoms with Gasteiger partial charge in [-0.1, -0.05) is 78.4 Å². The highest BCUT2D eigenvalue weighted by Gasteiger charge is 2.16. The van der Waals surface area contributed by atoms with Gasteiger partial charge in [-0.2, -0.15) is 5.10 Å². The maximum absolute atomic E-state index is 12.7. The number of para-hydroxylation sites is 1. The largest absolute Gasteiger partial charge is 0.507 e. The fourth-order valence-corrected chi connectivity index (χ4v) is 4.61. The van der Waals surface area contributed by atoms with Crippen LogP contribution in [0, 0.1) is 6.92 Å². The first-order valence-electron chi connectivity index (χ1n) is 13.3. The van der Waals surface area contributed by atoms with E-state index >= 15 is 0 Å². The topological polar surface area (TPSA) is 104 Å². The minimum atomic E-state index is -0.625. The monoisotopic (exact) mass is 558 g/mol. The second kappa shape index (κ2) is 11.5. The molecule has 0 radical (unpaired) electrons. The molecule has 208 valence electrons. The lowest BCUT2D eigenvalue weighted by molar-refractivity contribution is -0.147. The van der Waals surface area contributed by atoms with Crippen LogP contribution >= 0.6 is 0 Å². The summed E-state index contributed by atoms with van der Waals surface area (Å²) in [7, 11) is 0. The van der Waals surface area contributed by atoms with E-state index in [1.54, 1.807) is 0 Å². The Balaban J connectivity index is 1.17. The number of benzene rings is 4. The Hall–Kier alpha value is -5.63. The second-order valence-corrected chi connectivity index (χ2v) is 9.74. The molecule has 6 aromatic rings. The van der Waals surface area contributed by atoms with E-state index in [9.17, 15) is 14.7 Å². The lowest BCUT2D eigenvalue weighted by Crippen LogP contribution is -2.15. The van der Waals surface area contributed by atoms with Crippen LogP contribution < -0.4 is 10.2 Å². The third-order valence-corrected chi connectivity index (χ3v) is 6.69. The zero-order valence-corrected chi connectivity index (χ0v) is 22.7. The van der Waals surface area contributed by atoms with E-state index in [0.29, 0.717) is 17.0 Å². The van der Waals surface area contributed by atoms with Gasteiger partial charge in [0, 0.05) is 29.3 Å². The van der Waals surface area contributed by atoms with Gasteiger partial charge in [0.05, 0.1) is 11.4 Å². The molecule has 6 rings (SSSR count). The van der Waals surface area contributed by atoms with Crippen molar-refractivity contribution >= 4 is 16.9 Å². The summed E-state index contributed by atoms with van der Waals surface area (Å²) in [4.78, 5) is 25.3. The molecule has 0 fully saturated rings. The average molecular weight is 559 g/mol. The molecular formula is C34H26N2O6. The molecule has 0 aliphatic rings. The SMILES string of the molecule is Cc1ccc(-c2cc(COC(=O)COc3cc(O)c4c(=O)cc(-c5ccccc5)oc4c3)nn2-c2ccccc2)cc1. The molecule has 0 amide bonds. The first-order chi connectivity index (χ1) is 20.4. The van der Waals surface area contributed by atoms with Crippen molar-refractivity contribution in [2.24, 2.45) is 0 Å². The van der Waals surface area contributed by atoms with E-state index in [0.717, 1.165) is 22.5 Å². The molecule has 0 saturated heterocycles. The molecular weight excluding hydrogens is 532 g/mol. The van der Waals surface area contributed by atoms with Crippen molar-refractivity contribution in [1.29, 1.82) is 0 Å². The van der Waals surface area contributed by atoms with Gasteiger partial charge in [-0.25, -0.2) is 9.48 Å². The number of phenols is 1. The van der Waals surface area contributed by atoms with Crippen molar-refractivity contribution in [1.82, 2.24) is 9.78 Å². The summed E-state index contributed by atoms with van der Waals surface area (Å²) >= 11 is 0. The van der Waals surface area contributed by atoms with Crippen LogP contribution in [0.25, 0.3) is 39.2 Å². The molecule has 0 spiro atoms. The molecule has 0 aliphatic carbocycles. The van der Waals surface area contributed by atoms with Crippen LogP contribution in [0.5, 0.6) is 11.5 Å². The van der Waals surface area contributed by atoms with E-state index in [4.69, 9.17) is 13.9 Å². The number of ether oxygens (including phenoxy) is 2. The highest BCUT2D eigenvalue weighted by molar-refractivity contribution is 5.86. The number of carbonyl (C=O) groups excluding carboxylic acids is 1.